The number of carbonyl (C=O) groups excluding carboxylic acids is 1. The first-order valence-electron chi connectivity index (χ1n) is 11.6. The number of aryl methyl sites for hydroxylation is 1. The van der Waals surface area contributed by atoms with Gasteiger partial charge in [-0.1, -0.05) is 55.5 Å². The van der Waals surface area contributed by atoms with Crippen LogP contribution in [-0.2, 0) is 16.6 Å². The third-order valence-corrected chi connectivity index (χ3v) is 8.81. The zero-order valence-corrected chi connectivity index (χ0v) is 21.3. The zero-order valence-electron chi connectivity index (χ0n) is 19.7. The predicted octanol–water partition coefficient (Wildman–Crippen LogP) is 5.43. The van der Waals surface area contributed by atoms with E-state index in [2.05, 4.69) is 29.3 Å². The van der Waals surface area contributed by atoms with E-state index in [4.69, 9.17) is 0 Å². The van der Waals surface area contributed by atoms with Crippen LogP contribution in [0.3, 0.4) is 0 Å². The third-order valence-electron chi connectivity index (χ3n) is 5.77. The normalized spacial score (nSPS) is 12.8. The lowest BCUT2D eigenvalue weighted by Gasteiger charge is -2.21. The van der Waals surface area contributed by atoms with Crippen LogP contribution in [0.1, 0.15) is 44.0 Å². The maximum Gasteiger partial charge on any atom is 0.279 e. The Bertz CT molecular complexity index is 1490. The smallest absolute Gasteiger partial charge is 0.279 e. The van der Waals surface area contributed by atoms with Gasteiger partial charge in [0.05, 0.1) is 15.1 Å². The predicted molar refractivity (Wildman–Crippen MR) is 139 cm³/mol. The first-order valence-corrected chi connectivity index (χ1v) is 13.9. The van der Waals surface area contributed by atoms with Crippen molar-refractivity contribution in [1.82, 2.24) is 8.87 Å². The maximum atomic E-state index is 13.0. The molecule has 3 aromatic carbocycles. The van der Waals surface area contributed by atoms with Crippen LogP contribution in [0.2, 0.25) is 0 Å². The molecule has 0 fully saturated rings. The summed E-state index contributed by atoms with van der Waals surface area (Å²) in [5.74, 6) is -0.388. The SMILES string of the molecule is CCCN(CCC)S(=O)(=O)c1ccc(C(=O)N=c2sc3c4ccccc4ccc3n2CC)cc1. The number of aromatic nitrogens is 1. The van der Waals surface area contributed by atoms with Gasteiger partial charge in [-0.2, -0.15) is 9.30 Å². The number of nitrogens with zero attached hydrogens (tertiary/aromatic N) is 3. The number of hydrogen-bond acceptors (Lipinski definition) is 4. The molecule has 0 bridgehead atoms. The molecule has 0 unspecified atom stereocenters. The van der Waals surface area contributed by atoms with E-state index in [1.807, 2.05) is 37.5 Å². The largest absolute Gasteiger partial charge is 0.317 e. The molecule has 1 aromatic heterocycles. The third kappa shape index (κ3) is 4.58. The number of benzene rings is 3. The van der Waals surface area contributed by atoms with Crippen molar-refractivity contribution in [2.24, 2.45) is 4.99 Å². The van der Waals surface area contributed by atoms with Gasteiger partial charge in [0.15, 0.2) is 4.80 Å². The van der Waals surface area contributed by atoms with E-state index in [9.17, 15) is 13.2 Å². The van der Waals surface area contributed by atoms with Crippen molar-refractivity contribution in [2.75, 3.05) is 13.1 Å². The highest BCUT2D eigenvalue weighted by Gasteiger charge is 2.23. The number of rotatable bonds is 8. The van der Waals surface area contributed by atoms with Gasteiger partial charge in [-0.15, -0.1) is 0 Å². The van der Waals surface area contributed by atoms with E-state index in [-0.39, 0.29) is 10.8 Å². The second-order valence-corrected chi connectivity index (χ2v) is 11.0. The van der Waals surface area contributed by atoms with Gasteiger partial charge >= 0.3 is 0 Å². The Morgan fingerprint density at radius 3 is 2.26 bits per heavy atom. The summed E-state index contributed by atoms with van der Waals surface area (Å²) in [5.41, 5.74) is 1.41. The molecule has 178 valence electrons. The lowest BCUT2D eigenvalue weighted by molar-refractivity contribution is 0.0997. The molecule has 0 saturated heterocycles. The van der Waals surface area contributed by atoms with Crippen LogP contribution in [0.15, 0.2) is 70.6 Å². The Kier molecular flexibility index (Phi) is 7.30. The Hall–Kier alpha value is -2.81. The number of carbonyl (C=O) groups is 1. The van der Waals surface area contributed by atoms with E-state index in [1.54, 1.807) is 12.1 Å². The quantitative estimate of drug-likeness (QED) is 0.327. The fourth-order valence-electron chi connectivity index (χ4n) is 4.11. The van der Waals surface area contributed by atoms with Gasteiger partial charge in [-0.05, 0) is 55.5 Å². The lowest BCUT2D eigenvalue weighted by Crippen LogP contribution is -2.32. The maximum absolute atomic E-state index is 13.0. The van der Waals surface area contributed by atoms with Gasteiger partial charge in [-0.3, -0.25) is 4.79 Å². The van der Waals surface area contributed by atoms with Crippen molar-refractivity contribution in [3.8, 4) is 0 Å². The fraction of sp³-hybridized carbons (Fsp3) is 0.308. The first-order chi connectivity index (χ1) is 16.4. The van der Waals surface area contributed by atoms with Crippen molar-refractivity contribution in [3.05, 3.63) is 71.0 Å². The minimum Gasteiger partial charge on any atom is -0.317 e. The number of fused-ring (bicyclic) bond motifs is 3. The minimum atomic E-state index is -3.59. The molecule has 0 radical (unpaired) electrons. The van der Waals surface area contributed by atoms with Gasteiger partial charge in [0.1, 0.15) is 0 Å². The number of hydrogen-bond donors (Lipinski definition) is 0. The van der Waals surface area contributed by atoms with Gasteiger partial charge in [-0.25, -0.2) is 8.42 Å². The first kappa shape index (κ1) is 24.3. The van der Waals surface area contributed by atoms with Gasteiger partial charge in [0.25, 0.3) is 5.91 Å². The van der Waals surface area contributed by atoms with Crippen LogP contribution < -0.4 is 4.80 Å². The topological polar surface area (TPSA) is 71.7 Å². The molecule has 4 rings (SSSR count). The average Bonchev–Trinajstić information content (AvgIpc) is 3.21. The summed E-state index contributed by atoms with van der Waals surface area (Å²) in [7, 11) is -3.59. The zero-order chi connectivity index (χ0) is 24.3. The summed E-state index contributed by atoms with van der Waals surface area (Å²) < 4.78 is 30.6. The van der Waals surface area contributed by atoms with Crippen molar-refractivity contribution >= 4 is 48.3 Å². The molecule has 0 saturated carbocycles. The highest BCUT2D eigenvalue weighted by atomic mass is 32.2. The summed E-state index contributed by atoms with van der Waals surface area (Å²) in [6, 6.07) is 18.4. The fourth-order valence-corrected chi connectivity index (χ4v) is 6.96. The second kappa shape index (κ2) is 10.2. The van der Waals surface area contributed by atoms with E-state index < -0.39 is 10.0 Å². The van der Waals surface area contributed by atoms with Crippen LogP contribution in [0.5, 0.6) is 0 Å². The molecule has 0 N–H and O–H groups in total. The molecule has 4 aromatic rings. The Labute approximate surface area is 204 Å². The molecule has 1 heterocycles. The molecule has 1 amide bonds. The molecule has 0 spiro atoms. The molecule has 0 atom stereocenters. The minimum absolute atomic E-state index is 0.197. The molecule has 8 heteroatoms. The van der Waals surface area contributed by atoms with Crippen LogP contribution in [-0.4, -0.2) is 36.3 Å². The highest BCUT2D eigenvalue weighted by molar-refractivity contribution is 7.89. The van der Waals surface area contributed by atoms with E-state index in [0.717, 1.165) is 33.8 Å². The Morgan fingerprint density at radius 2 is 1.62 bits per heavy atom. The van der Waals surface area contributed by atoms with Crippen molar-refractivity contribution < 1.29 is 13.2 Å². The molecule has 0 aliphatic rings. The summed E-state index contributed by atoms with van der Waals surface area (Å²) in [5, 5.41) is 2.29. The van der Waals surface area contributed by atoms with Gasteiger partial charge < -0.3 is 4.57 Å². The number of thiazole rings is 1. The Balaban J connectivity index is 1.70. The number of sulfonamides is 1. The molecule has 0 aliphatic carbocycles. The van der Waals surface area contributed by atoms with Crippen LogP contribution in [0, 0.1) is 0 Å². The van der Waals surface area contributed by atoms with E-state index in [0.29, 0.717) is 30.0 Å². The summed E-state index contributed by atoms with van der Waals surface area (Å²) in [4.78, 5) is 18.2. The monoisotopic (exact) mass is 495 g/mol. The summed E-state index contributed by atoms with van der Waals surface area (Å²) >= 11 is 1.50. The molecule has 0 aliphatic heterocycles. The average molecular weight is 496 g/mol. The summed E-state index contributed by atoms with van der Waals surface area (Å²) in [6.45, 7) is 7.59. The van der Waals surface area contributed by atoms with Crippen molar-refractivity contribution in [1.29, 1.82) is 0 Å². The van der Waals surface area contributed by atoms with E-state index >= 15 is 0 Å². The van der Waals surface area contributed by atoms with Crippen LogP contribution in [0.4, 0.5) is 0 Å². The van der Waals surface area contributed by atoms with Gasteiger partial charge in [0.2, 0.25) is 10.0 Å². The molecule has 6 nitrogen and oxygen atoms in total. The van der Waals surface area contributed by atoms with Crippen molar-refractivity contribution in [2.45, 2.75) is 45.1 Å². The van der Waals surface area contributed by atoms with Crippen LogP contribution in [0.25, 0.3) is 21.0 Å². The number of amides is 1. The standard InChI is InChI=1S/C26H29N3O3S2/c1-4-17-28(18-5-2)34(31,32)21-14-11-20(12-15-21)25(30)27-26-29(6-3)23-16-13-19-9-7-8-10-22(19)24(23)33-26/h7-16H,4-6,17-18H2,1-3H3. The summed E-state index contributed by atoms with van der Waals surface area (Å²) in [6.07, 6.45) is 1.49. The molecular weight excluding hydrogens is 466 g/mol. The second-order valence-electron chi connectivity index (χ2n) is 8.11. The molecule has 34 heavy (non-hydrogen) atoms. The van der Waals surface area contributed by atoms with E-state index in [1.165, 1.54) is 27.8 Å². The highest BCUT2D eigenvalue weighted by Crippen LogP contribution is 2.27. The van der Waals surface area contributed by atoms with Crippen molar-refractivity contribution in [3.63, 3.8) is 0 Å². The van der Waals surface area contributed by atoms with Crippen LogP contribution >= 0.6 is 11.3 Å². The van der Waals surface area contributed by atoms with Gasteiger partial charge in [0, 0.05) is 30.6 Å². The lowest BCUT2D eigenvalue weighted by atomic mass is 10.1. The molecular formula is C26H29N3O3S2. The Morgan fingerprint density at radius 1 is 0.941 bits per heavy atom.